The Morgan fingerprint density at radius 3 is 2.03 bits per heavy atom. The molecule has 6 heteroatoms. The van der Waals surface area contributed by atoms with Gasteiger partial charge in [-0.2, -0.15) is 5.10 Å². The Morgan fingerprint density at radius 1 is 0.757 bits per heavy atom. The molecular formula is C31H25ClN4O. The average Bonchev–Trinajstić information content (AvgIpc) is 2.96. The molecule has 1 heterocycles. The summed E-state index contributed by atoms with van der Waals surface area (Å²) in [7, 11) is 1.68. The second kappa shape index (κ2) is 11.5. The van der Waals surface area contributed by atoms with E-state index in [0.717, 1.165) is 45.0 Å². The molecule has 5 rings (SSSR count). The van der Waals surface area contributed by atoms with Crippen molar-refractivity contribution < 1.29 is 4.74 Å². The molecule has 0 bridgehead atoms. The Balaban J connectivity index is 1.56. The van der Waals surface area contributed by atoms with Gasteiger partial charge in [-0.3, -0.25) is 5.43 Å². The zero-order valence-electron chi connectivity index (χ0n) is 20.3. The molecule has 0 saturated carbocycles. The van der Waals surface area contributed by atoms with Crippen molar-refractivity contribution in [2.24, 2.45) is 5.10 Å². The maximum absolute atomic E-state index is 6.09. The SMILES string of the molecule is COc1ccccc1Cc1cc(-c2ccc(Cl)cc2)nnc1NN=C(c1ccccc1)c1ccccc1. The van der Waals surface area contributed by atoms with Gasteiger partial charge in [-0.25, -0.2) is 0 Å². The zero-order chi connectivity index (χ0) is 25.5. The van der Waals surface area contributed by atoms with Crippen molar-refractivity contribution in [3.05, 3.63) is 143 Å². The summed E-state index contributed by atoms with van der Waals surface area (Å²) < 4.78 is 5.60. The Labute approximate surface area is 221 Å². The quantitative estimate of drug-likeness (QED) is 0.178. The highest BCUT2D eigenvalue weighted by atomic mass is 35.5. The molecule has 5 nitrogen and oxygen atoms in total. The number of aromatic nitrogens is 2. The summed E-state index contributed by atoms with van der Waals surface area (Å²) in [6, 6.07) is 37.7. The van der Waals surface area contributed by atoms with Crippen LogP contribution in [0.4, 0.5) is 5.82 Å². The summed E-state index contributed by atoms with van der Waals surface area (Å²) >= 11 is 6.09. The van der Waals surface area contributed by atoms with E-state index in [4.69, 9.17) is 21.4 Å². The van der Waals surface area contributed by atoms with Crippen LogP contribution in [0.5, 0.6) is 5.75 Å². The number of benzene rings is 4. The van der Waals surface area contributed by atoms with Crippen molar-refractivity contribution in [3.8, 4) is 17.0 Å². The van der Waals surface area contributed by atoms with E-state index >= 15 is 0 Å². The monoisotopic (exact) mass is 504 g/mol. The summed E-state index contributed by atoms with van der Waals surface area (Å²) in [5, 5.41) is 14.5. The van der Waals surface area contributed by atoms with Crippen LogP contribution in [0, 0.1) is 0 Å². The molecule has 1 aromatic heterocycles. The Morgan fingerprint density at radius 2 is 1.38 bits per heavy atom. The Bertz CT molecular complexity index is 1460. The molecule has 0 radical (unpaired) electrons. The minimum Gasteiger partial charge on any atom is -0.496 e. The summed E-state index contributed by atoms with van der Waals surface area (Å²) in [4.78, 5) is 0. The number of methoxy groups -OCH3 is 1. The molecule has 0 atom stereocenters. The molecule has 4 aromatic carbocycles. The van der Waals surface area contributed by atoms with Gasteiger partial charge in [-0.15, -0.1) is 10.2 Å². The second-order valence-corrected chi connectivity index (χ2v) is 8.84. The number of anilines is 1. The number of hydrazone groups is 1. The number of ether oxygens (including phenoxy) is 1. The zero-order valence-corrected chi connectivity index (χ0v) is 21.1. The van der Waals surface area contributed by atoms with Crippen molar-refractivity contribution in [2.75, 3.05) is 12.5 Å². The molecular weight excluding hydrogens is 480 g/mol. The van der Waals surface area contributed by atoms with Gasteiger partial charge in [0.25, 0.3) is 0 Å². The Kier molecular flexibility index (Phi) is 7.53. The maximum atomic E-state index is 6.09. The minimum absolute atomic E-state index is 0.577. The van der Waals surface area contributed by atoms with Crippen molar-refractivity contribution in [1.29, 1.82) is 0 Å². The third kappa shape index (κ3) is 5.85. The van der Waals surface area contributed by atoms with Crippen molar-refractivity contribution in [2.45, 2.75) is 6.42 Å². The van der Waals surface area contributed by atoms with Crippen LogP contribution < -0.4 is 10.2 Å². The van der Waals surface area contributed by atoms with E-state index in [2.05, 4.69) is 15.6 Å². The molecule has 0 unspecified atom stereocenters. The topological polar surface area (TPSA) is 59.4 Å². The first-order chi connectivity index (χ1) is 18.2. The van der Waals surface area contributed by atoms with E-state index in [1.807, 2.05) is 115 Å². The van der Waals surface area contributed by atoms with Crippen molar-refractivity contribution in [1.82, 2.24) is 10.2 Å². The lowest BCUT2D eigenvalue weighted by molar-refractivity contribution is 0.410. The molecule has 37 heavy (non-hydrogen) atoms. The van der Waals surface area contributed by atoms with Gasteiger partial charge < -0.3 is 4.74 Å². The maximum Gasteiger partial charge on any atom is 0.172 e. The molecule has 0 aliphatic heterocycles. The highest BCUT2D eigenvalue weighted by molar-refractivity contribution is 6.30. The fourth-order valence-corrected chi connectivity index (χ4v) is 4.20. The molecule has 5 aromatic rings. The molecule has 0 amide bonds. The van der Waals surface area contributed by atoms with E-state index in [9.17, 15) is 0 Å². The number of para-hydroxylation sites is 1. The van der Waals surface area contributed by atoms with E-state index < -0.39 is 0 Å². The summed E-state index contributed by atoms with van der Waals surface area (Å²) in [5.74, 6) is 1.39. The van der Waals surface area contributed by atoms with Crippen LogP contribution in [-0.4, -0.2) is 23.0 Å². The van der Waals surface area contributed by atoms with Gasteiger partial charge in [-0.05, 0) is 29.8 Å². The van der Waals surface area contributed by atoms with Gasteiger partial charge in [-0.1, -0.05) is 103 Å². The summed E-state index contributed by atoms with van der Waals surface area (Å²) in [6.07, 6.45) is 0.587. The highest BCUT2D eigenvalue weighted by Crippen LogP contribution is 2.28. The van der Waals surface area contributed by atoms with Gasteiger partial charge >= 0.3 is 0 Å². The number of hydrogen-bond acceptors (Lipinski definition) is 5. The number of hydrogen-bond donors (Lipinski definition) is 1. The van der Waals surface area contributed by atoms with Gasteiger partial charge in [0.05, 0.1) is 18.5 Å². The third-order valence-corrected chi connectivity index (χ3v) is 6.21. The average molecular weight is 505 g/mol. The van der Waals surface area contributed by atoms with Crippen LogP contribution in [0.25, 0.3) is 11.3 Å². The van der Waals surface area contributed by atoms with Gasteiger partial charge in [0, 0.05) is 33.7 Å². The van der Waals surface area contributed by atoms with Crippen LogP contribution in [0.15, 0.2) is 120 Å². The summed E-state index contributed by atoms with van der Waals surface area (Å²) in [6.45, 7) is 0. The van der Waals surface area contributed by atoms with Crippen molar-refractivity contribution in [3.63, 3.8) is 0 Å². The number of rotatable bonds is 8. The largest absolute Gasteiger partial charge is 0.496 e. The minimum atomic E-state index is 0.577. The molecule has 0 spiro atoms. The van der Waals surface area contributed by atoms with E-state index in [-0.39, 0.29) is 0 Å². The molecule has 0 fully saturated rings. The normalized spacial score (nSPS) is 10.5. The van der Waals surface area contributed by atoms with Crippen LogP contribution in [-0.2, 0) is 6.42 Å². The second-order valence-electron chi connectivity index (χ2n) is 8.40. The van der Waals surface area contributed by atoms with Gasteiger partial charge in [0.1, 0.15) is 5.75 Å². The van der Waals surface area contributed by atoms with Crippen LogP contribution >= 0.6 is 11.6 Å². The first-order valence-corrected chi connectivity index (χ1v) is 12.3. The Hall–Kier alpha value is -4.48. The fourth-order valence-electron chi connectivity index (χ4n) is 4.07. The first-order valence-electron chi connectivity index (χ1n) is 11.9. The smallest absolute Gasteiger partial charge is 0.172 e. The number of nitrogens with one attached hydrogen (secondary N) is 1. The lowest BCUT2D eigenvalue weighted by Gasteiger charge is -2.13. The van der Waals surface area contributed by atoms with Crippen LogP contribution in [0.1, 0.15) is 22.3 Å². The van der Waals surface area contributed by atoms with Crippen LogP contribution in [0.2, 0.25) is 5.02 Å². The molecule has 0 aliphatic carbocycles. The molecule has 1 N–H and O–H groups in total. The lowest BCUT2D eigenvalue weighted by atomic mass is 10.0. The van der Waals surface area contributed by atoms with E-state index in [1.54, 1.807) is 7.11 Å². The summed E-state index contributed by atoms with van der Waals surface area (Å²) in [5.41, 5.74) is 9.68. The number of halogens is 1. The predicted molar refractivity (Wildman–Crippen MR) is 150 cm³/mol. The first kappa shape index (κ1) is 24.2. The standard InChI is InChI=1S/C31H25ClN4O/c1-37-29-15-9-8-14-25(29)20-26-21-28(22-16-18-27(32)19-17-22)33-35-31(26)36-34-30(23-10-4-2-5-11-23)24-12-6-3-7-13-24/h2-19,21H,20H2,1H3,(H,35,36). The lowest BCUT2D eigenvalue weighted by Crippen LogP contribution is -2.09. The highest BCUT2D eigenvalue weighted by Gasteiger charge is 2.13. The van der Waals surface area contributed by atoms with E-state index in [0.29, 0.717) is 17.3 Å². The van der Waals surface area contributed by atoms with Crippen LogP contribution in [0.3, 0.4) is 0 Å². The fraction of sp³-hybridized carbons (Fsp3) is 0.0645. The van der Waals surface area contributed by atoms with Crippen molar-refractivity contribution >= 4 is 23.1 Å². The molecule has 182 valence electrons. The van der Waals surface area contributed by atoms with E-state index in [1.165, 1.54) is 0 Å². The number of nitrogens with zero attached hydrogens (tertiary/aromatic N) is 3. The van der Waals surface area contributed by atoms with Gasteiger partial charge in [0.15, 0.2) is 5.82 Å². The molecule has 0 aliphatic rings. The predicted octanol–water partition coefficient (Wildman–Crippen LogP) is 7.26. The third-order valence-electron chi connectivity index (χ3n) is 5.95. The van der Waals surface area contributed by atoms with Gasteiger partial charge in [0.2, 0.25) is 0 Å². The molecule has 0 saturated heterocycles.